The van der Waals surface area contributed by atoms with Crippen LogP contribution in [0.4, 0.5) is 0 Å². The van der Waals surface area contributed by atoms with Crippen LogP contribution in [-0.2, 0) is 21.4 Å². The topological polar surface area (TPSA) is 87.6 Å². The standard InChI is InChI=1S/C17H15Cl2N3O3S/c18-12-6-5-11(14(19)9-12)10-21-16(23)7-8-20-17-13-3-1-2-4-15(13)26(24,25)22-17/h1-6,9H,7-8,10H2,(H,20,22)(H,21,23). The molecule has 0 spiro atoms. The molecule has 136 valence electrons. The zero-order chi connectivity index (χ0) is 18.7. The van der Waals surface area contributed by atoms with E-state index in [4.69, 9.17) is 23.2 Å². The van der Waals surface area contributed by atoms with Gasteiger partial charge in [0.1, 0.15) is 5.84 Å². The zero-order valence-electron chi connectivity index (χ0n) is 13.5. The highest BCUT2D eigenvalue weighted by Crippen LogP contribution is 2.22. The van der Waals surface area contributed by atoms with Gasteiger partial charge in [0.2, 0.25) is 5.91 Å². The van der Waals surface area contributed by atoms with E-state index in [-0.39, 0.29) is 36.1 Å². The summed E-state index contributed by atoms with van der Waals surface area (Å²) in [6, 6.07) is 11.6. The van der Waals surface area contributed by atoms with E-state index in [2.05, 4.69) is 15.0 Å². The molecule has 2 N–H and O–H groups in total. The smallest absolute Gasteiger partial charge is 0.263 e. The van der Waals surface area contributed by atoms with Gasteiger partial charge in [-0.15, -0.1) is 0 Å². The van der Waals surface area contributed by atoms with Gasteiger partial charge in [-0.3, -0.25) is 14.5 Å². The number of fused-ring (bicyclic) bond motifs is 1. The SMILES string of the molecule is O=C(CCN=C1NS(=O)(=O)c2ccccc21)NCc1ccc(Cl)cc1Cl. The van der Waals surface area contributed by atoms with Crippen LogP contribution in [0.25, 0.3) is 0 Å². The lowest BCUT2D eigenvalue weighted by atomic mass is 10.2. The number of hydrogen-bond donors (Lipinski definition) is 2. The maximum Gasteiger partial charge on any atom is 0.263 e. The molecule has 0 radical (unpaired) electrons. The fourth-order valence-corrected chi connectivity index (χ4v) is 4.19. The molecule has 1 aliphatic rings. The summed E-state index contributed by atoms with van der Waals surface area (Å²) >= 11 is 11.9. The molecule has 1 heterocycles. The predicted octanol–water partition coefficient (Wildman–Crippen LogP) is 2.74. The molecular formula is C17H15Cl2N3O3S. The normalized spacial score (nSPS) is 16.2. The monoisotopic (exact) mass is 411 g/mol. The Morgan fingerprint density at radius 2 is 1.92 bits per heavy atom. The molecule has 26 heavy (non-hydrogen) atoms. The first-order valence-electron chi connectivity index (χ1n) is 7.74. The number of benzene rings is 2. The summed E-state index contributed by atoms with van der Waals surface area (Å²) < 4.78 is 26.4. The Labute approximate surface area is 161 Å². The minimum atomic E-state index is -3.57. The third-order valence-corrected chi connectivity index (χ3v) is 5.75. The van der Waals surface area contributed by atoms with Crippen molar-refractivity contribution in [3.63, 3.8) is 0 Å². The van der Waals surface area contributed by atoms with Crippen LogP contribution in [0.1, 0.15) is 17.5 Å². The summed E-state index contributed by atoms with van der Waals surface area (Å²) in [5.74, 6) is 0.0450. The summed E-state index contributed by atoms with van der Waals surface area (Å²) in [5, 5.41) is 3.76. The number of halogens is 2. The van der Waals surface area contributed by atoms with Crippen LogP contribution in [0.5, 0.6) is 0 Å². The molecule has 1 amide bonds. The van der Waals surface area contributed by atoms with E-state index in [0.29, 0.717) is 15.6 Å². The van der Waals surface area contributed by atoms with E-state index >= 15 is 0 Å². The first kappa shape index (κ1) is 18.7. The lowest BCUT2D eigenvalue weighted by Gasteiger charge is -2.07. The maximum absolute atomic E-state index is 12.0. The molecule has 0 unspecified atom stereocenters. The average molecular weight is 412 g/mol. The van der Waals surface area contributed by atoms with Crippen LogP contribution in [0.3, 0.4) is 0 Å². The second-order valence-corrected chi connectivity index (χ2v) is 8.09. The highest BCUT2D eigenvalue weighted by Gasteiger charge is 2.29. The van der Waals surface area contributed by atoms with Crippen molar-refractivity contribution in [3.8, 4) is 0 Å². The lowest BCUT2D eigenvalue weighted by Crippen LogP contribution is -2.25. The van der Waals surface area contributed by atoms with E-state index < -0.39 is 10.0 Å². The molecule has 0 saturated heterocycles. The Hall–Kier alpha value is -2.09. The average Bonchev–Trinajstić information content (AvgIpc) is 2.85. The van der Waals surface area contributed by atoms with Crippen molar-refractivity contribution in [1.82, 2.24) is 10.0 Å². The van der Waals surface area contributed by atoms with Crippen LogP contribution < -0.4 is 10.0 Å². The number of amidine groups is 1. The fraction of sp³-hybridized carbons (Fsp3) is 0.176. The second kappa shape index (κ2) is 7.65. The molecule has 2 aromatic carbocycles. The number of carbonyl (C=O) groups is 1. The molecule has 0 saturated carbocycles. The quantitative estimate of drug-likeness (QED) is 0.792. The van der Waals surface area contributed by atoms with Gasteiger partial charge in [0, 0.05) is 28.6 Å². The molecule has 0 fully saturated rings. The Bertz CT molecular complexity index is 990. The summed E-state index contributed by atoms with van der Waals surface area (Å²) in [4.78, 5) is 16.4. The number of aliphatic imine (C=N–C) groups is 1. The minimum Gasteiger partial charge on any atom is -0.352 e. The number of rotatable bonds is 5. The molecule has 2 aromatic rings. The minimum absolute atomic E-state index is 0.124. The van der Waals surface area contributed by atoms with E-state index in [1.807, 2.05) is 0 Å². The van der Waals surface area contributed by atoms with Gasteiger partial charge in [0.05, 0.1) is 11.4 Å². The van der Waals surface area contributed by atoms with Gasteiger partial charge in [0.15, 0.2) is 0 Å². The predicted molar refractivity (Wildman–Crippen MR) is 101 cm³/mol. The molecule has 1 aliphatic heterocycles. The summed E-state index contributed by atoms with van der Waals surface area (Å²) in [5.41, 5.74) is 1.27. The molecule has 0 atom stereocenters. The van der Waals surface area contributed by atoms with Crippen molar-refractivity contribution >= 4 is 45.0 Å². The van der Waals surface area contributed by atoms with Crippen molar-refractivity contribution in [3.05, 3.63) is 63.6 Å². The molecular weight excluding hydrogens is 397 g/mol. The van der Waals surface area contributed by atoms with Gasteiger partial charge in [-0.25, -0.2) is 8.42 Å². The molecule has 9 heteroatoms. The summed E-state index contributed by atoms with van der Waals surface area (Å²) in [7, 11) is -3.57. The molecule has 0 bridgehead atoms. The van der Waals surface area contributed by atoms with Crippen LogP contribution in [-0.4, -0.2) is 26.7 Å². The second-order valence-electron chi connectivity index (χ2n) is 5.59. The number of carbonyl (C=O) groups excluding carboxylic acids is 1. The van der Waals surface area contributed by atoms with Crippen LogP contribution in [0.15, 0.2) is 52.4 Å². The number of hydrogen-bond acceptors (Lipinski definition) is 4. The highest BCUT2D eigenvalue weighted by atomic mass is 35.5. The van der Waals surface area contributed by atoms with Crippen LogP contribution >= 0.6 is 23.2 Å². The molecule has 3 rings (SSSR count). The first-order chi connectivity index (χ1) is 12.4. The lowest BCUT2D eigenvalue weighted by molar-refractivity contribution is -0.121. The number of nitrogens with zero attached hydrogens (tertiary/aromatic N) is 1. The van der Waals surface area contributed by atoms with Gasteiger partial charge in [-0.05, 0) is 29.8 Å². The van der Waals surface area contributed by atoms with E-state index in [1.165, 1.54) is 6.07 Å². The molecule has 0 aromatic heterocycles. The third-order valence-electron chi connectivity index (χ3n) is 3.76. The molecule has 6 nitrogen and oxygen atoms in total. The van der Waals surface area contributed by atoms with Crippen LogP contribution in [0, 0.1) is 0 Å². The van der Waals surface area contributed by atoms with E-state index in [0.717, 1.165) is 5.56 Å². The van der Waals surface area contributed by atoms with E-state index in [1.54, 1.807) is 36.4 Å². The zero-order valence-corrected chi connectivity index (χ0v) is 15.8. The summed E-state index contributed by atoms with van der Waals surface area (Å²) in [6.07, 6.45) is 0.124. The van der Waals surface area contributed by atoms with E-state index in [9.17, 15) is 13.2 Å². The van der Waals surface area contributed by atoms with Crippen molar-refractivity contribution in [1.29, 1.82) is 0 Å². The highest BCUT2D eigenvalue weighted by molar-refractivity contribution is 7.90. The van der Waals surface area contributed by atoms with Crippen molar-refractivity contribution in [2.75, 3.05) is 6.54 Å². The largest absolute Gasteiger partial charge is 0.352 e. The Morgan fingerprint density at radius 1 is 1.15 bits per heavy atom. The number of amides is 1. The fourth-order valence-electron chi connectivity index (χ4n) is 2.47. The third kappa shape index (κ3) is 4.17. The van der Waals surface area contributed by atoms with Crippen molar-refractivity contribution in [2.24, 2.45) is 4.99 Å². The van der Waals surface area contributed by atoms with Crippen molar-refractivity contribution < 1.29 is 13.2 Å². The van der Waals surface area contributed by atoms with Gasteiger partial charge in [-0.1, -0.05) is 41.4 Å². The van der Waals surface area contributed by atoms with Crippen molar-refractivity contribution in [2.45, 2.75) is 17.9 Å². The van der Waals surface area contributed by atoms with Gasteiger partial charge < -0.3 is 5.32 Å². The van der Waals surface area contributed by atoms with Gasteiger partial charge in [0.25, 0.3) is 10.0 Å². The van der Waals surface area contributed by atoms with Gasteiger partial charge >= 0.3 is 0 Å². The summed E-state index contributed by atoms with van der Waals surface area (Å²) in [6.45, 7) is 0.438. The Morgan fingerprint density at radius 3 is 2.69 bits per heavy atom. The number of sulfonamides is 1. The molecule has 0 aliphatic carbocycles. The maximum atomic E-state index is 12.0. The van der Waals surface area contributed by atoms with Crippen LogP contribution in [0.2, 0.25) is 10.0 Å². The Kier molecular flexibility index (Phi) is 5.50. The first-order valence-corrected chi connectivity index (χ1v) is 9.98. The number of nitrogens with one attached hydrogen (secondary N) is 2. The Balaban J connectivity index is 1.57. The van der Waals surface area contributed by atoms with Gasteiger partial charge in [-0.2, -0.15) is 0 Å².